The summed E-state index contributed by atoms with van der Waals surface area (Å²) in [6.07, 6.45) is 1.19. The summed E-state index contributed by atoms with van der Waals surface area (Å²) in [5.41, 5.74) is 2.95. The van der Waals surface area contributed by atoms with Gasteiger partial charge in [0.15, 0.2) is 5.78 Å². The molecule has 1 fully saturated rings. The van der Waals surface area contributed by atoms with E-state index in [9.17, 15) is 9.59 Å². The predicted octanol–water partition coefficient (Wildman–Crippen LogP) is 5.65. The van der Waals surface area contributed by atoms with Gasteiger partial charge in [0.25, 0.3) is 5.91 Å². The SMILES string of the molecule is CCC(=O)c1cccc(C(=O)NCCCN2CCN(c3ccccc3OC)CC2)c1OCc1ccccc1.Cl.Cl. The average Bonchev–Trinajstić information content (AvgIpc) is 2.98. The molecule has 1 aliphatic heterocycles. The first-order chi connectivity index (χ1) is 18.6. The molecule has 1 N–H and O–H groups in total. The molecule has 1 amide bonds. The standard InChI is InChI=1S/C31H37N3O4.2ClH/c1-3-28(35)25-13-9-14-26(30(25)38-23-24-11-5-4-6-12-24)31(36)32-17-10-18-33-19-21-34(22-20-33)27-15-7-8-16-29(27)37-2;;/h4-9,11-16H,3,10,17-23H2,1-2H3,(H,32,36);2*1H. The van der Waals surface area contributed by atoms with Gasteiger partial charge in [0.1, 0.15) is 18.1 Å². The molecule has 0 aromatic heterocycles. The van der Waals surface area contributed by atoms with E-state index in [-0.39, 0.29) is 43.1 Å². The Kier molecular flexibility index (Phi) is 13.8. The number of ether oxygens (including phenoxy) is 2. The highest BCUT2D eigenvalue weighted by atomic mass is 35.5. The van der Waals surface area contributed by atoms with Crippen molar-refractivity contribution in [3.63, 3.8) is 0 Å². The van der Waals surface area contributed by atoms with Crippen LogP contribution >= 0.6 is 24.8 Å². The number of Topliss-reactive ketones (excluding diaryl/α,β-unsaturated/α-hetero) is 1. The van der Waals surface area contributed by atoms with Crippen LogP contribution in [-0.2, 0) is 6.61 Å². The van der Waals surface area contributed by atoms with Crippen molar-refractivity contribution in [2.45, 2.75) is 26.4 Å². The zero-order chi connectivity index (χ0) is 26.7. The van der Waals surface area contributed by atoms with Gasteiger partial charge in [-0.2, -0.15) is 0 Å². The van der Waals surface area contributed by atoms with Gasteiger partial charge in [0, 0.05) is 39.1 Å². The van der Waals surface area contributed by atoms with Gasteiger partial charge in [0.2, 0.25) is 0 Å². The minimum atomic E-state index is -0.222. The fraction of sp³-hybridized carbons (Fsp3) is 0.355. The number of rotatable bonds is 12. The van der Waals surface area contributed by atoms with Crippen molar-refractivity contribution >= 4 is 42.2 Å². The number of nitrogens with zero attached hydrogens (tertiary/aromatic N) is 2. The molecule has 40 heavy (non-hydrogen) atoms. The second-order valence-electron chi connectivity index (χ2n) is 9.34. The van der Waals surface area contributed by atoms with Gasteiger partial charge < -0.3 is 19.7 Å². The summed E-state index contributed by atoms with van der Waals surface area (Å²) >= 11 is 0. The van der Waals surface area contributed by atoms with Crippen LogP contribution in [0.15, 0.2) is 72.8 Å². The molecule has 216 valence electrons. The van der Waals surface area contributed by atoms with E-state index in [0.717, 1.165) is 56.1 Å². The Morgan fingerprint density at radius 2 is 1.52 bits per heavy atom. The fourth-order valence-electron chi connectivity index (χ4n) is 4.71. The molecule has 0 bridgehead atoms. The smallest absolute Gasteiger partial charge is 0.255 e. The van der Waals surface area contributed by atoms with E-state index >= 15 is 0 Å². The first-order valence-corrected chi connectivity index (χ1v) is 13.3. The monoisotopic (exact) mass is 587 g/mol. The molecular weight excluding hydrogens is 549 g/mol. The fourth-order valence-corrected chi connectivity index (χ4v) is 4.71. The summed E-state index contributed by atoms with van der Waals surface area (Å²) in [6, 6.07) is 23.1. The van der Waals surface area contributed by atoms with Crippen LogP contribution in [0.5, 0.6) is 11.5 Å². The third-order valence-corrected chi connectivity index (χ3v) is 6.84. The highest BCUT2D eigenvalue weighted by Crippen LogP contribution is 2.29. The number of piperazine rings is 1. The van der Waals surface area contributed by atoms with E-state index in [4.69, 9.17) is 9.47 Å². The maximum atomic E-state index is 13.1. The lowest BCUT2D eigenvalue weighted by Crippen LogP contribution is -2.47. The van der Waals surface area contributed by atoms with Gasteiger partial charge in [-0.1, -0.05) is 55.5 Å². The van der Waals surface area contributed by atoms with Gasteiger partial charge in [-0.05, 0) is 42.8 Å². The van der Waals surface area contributed by atoms with Crippen LogP contribution in [0.4, 0.5) is 5.69 Å². The number of carbonyl (C=O) groups excluding carboxylic acids is 2. The van der Waals surface area contributed by atoms with E-state index in [1.165, 1.54) is 0 Å². The summed E-state index contributed by atoms with van der Waals surface area (Å²) in [7, 11) is 1.71. The molecule has 7 nitrogen and oxygen atoms in total. The molecule has 1 saturated heterocycles. The molecule has 0 radical (unpaired) electrons. The quantitative estimate of drug-likeness (QED) is 0.218. The summed E-state index contributed by atoms with van der Waals surface area (Å²) in [4.78, 5) is 30.5. The topological polar surface area (TPSA) is 71.1 Å². The Morgan fingerprint density at radius 3 is 2.23 bits per heavy atom. The number of halogens is 2. The van der Waals surface area contributed by atoms with Gasteiger partial charge in [0.05, 0.1) is 23.9 Å². The lowest BCUT2D eigenvalue weighted by atomic mass is 10.0. The van der Waals surface area contributed by atoms with Crippen LogP contribution in [0.3, 0.4) is 0 Å². The number of anilines is 1. The number of para-hydroxylation sites is 3. The normalized spacial score (nSPS) is 13.0. The third kappa shape index (κ3) is 8.62. The summed E-state index contributed by atoms with van der Waals surface area (Å²) in [6.45, 7) is 7.36. The second-order valence-corrected chi connectivity index (χ2v) is 9.34. The molecule has 9 heteroatoms. The van der Waals surface area contributed by atoms with E-state index in [1.54, 1.807) is 25.3 Å². The van der Waals surface area contributed by atoms with Crippen molar-refractivity contribution in [1.29, 1.82) is 0 Å². The number of nitrogens with one attached hydrogen (secondary N) is 1. The minimum Gasteiger partial charge on any atom is -0.495 e. The number of methoxy groups -OCH3 is 1. The summed E-state index contributed by atoms with van der Waals surface area (Å²) in [5, 5.41) is 3.03. The second kappa shape index (κ2) is 16.8. The molecule has 3 aromatic rings. The number of benzene rings is 3. The Hall–Kier alpha value is -3.26. The number of amides is 1. The molecule has 0 unspecified atom stereocenters. The van der Waals surface area contributed by atoms with Crippen molar-refractivity contribution in [3.8, 4) is 11.5 Å². The van der Waals surface area contributed by atoms with Crippen molar-refractivity contribution in [2.24, 2.45) is 0 Å². The molecule has 0 saturated carbocycles. The van der Waals surface area contributed by atoms with Crippen LogP contribution in [0, 0.1) is 0 Å². The Bertz CT molecular complexity index is 1220. The predicted molar refractivity (Wildman–Crippen MR) is 165 cm³/mol. The molecule has 0 aliphatic carbocycles. The first-order valence-electron chi connectivity index (χ1n) is 13.3. The molecule has 1 heterocycles. The zero-order valence-corrected chi connectivity index (χ0v) is 24.8. The van der Waals surface area contributed by atoms with Gasteiger partial charge in [-0.15, -0.1) is 24.8 Å². The number of carbonyl (C=O) groups is 2. The van der Waals surface area contributed by atoms with Crippen LogP contribution in [0.1, 0.15) is 46.0 Å². The molecule has 3 aromatic carbocycles. The average molecular weight is 589 g/mol. The molecule has 0 spiro atoms. The van der Waals surface area contributed by atoms with Crippen molar-refractivity contribution in [1.82, 2.24) is 10.2 Å². The highest BCUT2D eigenvalue weighted by Gasteiger charge is 2.21. The van der Waals surface area contributed by atoms with Gasteiger partial charge >= 0.3 is 0 Å². The Morgan fingerprint density at radius 1 is 0.850 bits per heavy atom. The number of hydrogen-bond acceptors (Lipinski definition) is 6. The summed E-state index contributed by atoms with van der Waals surface area (Å²) < 4.78 is 11.6. The third-order valence-electron chi connectivity index (χ3n) is 6.84. The zero-order valence-electron chi connectivity index (χ0n) is 23.1. The largest absolute Gasteiger partial charge is 0.495 e. The van der Waals surface area contributed by atoms with Crippen LogP contribution in [0.2, 0.25) is 0 Å². The number of hydrogen-bond donors (Lipinski definition) is 1. The first kappa shape index (κ1) is 32.9. The van der Waals surface area contributed by atoms with Crippen LogP contribution < -0.4 is 19.7 Å². The van der Waals surface area contributed by atoms with E-state index in [0.29, 0.717) is 29.8 Å². The maximum Gasteiger partial charge on any atom is 0.255 e. The van der Waals surface area contributed by atoms with Crippen molar-refractivity contribution < 1.29 is 19.1 Å². The van der Waals surface area contributed by atoms with Gasteiger partial charge in [-0.3, -0.25) is 14.5 Å². The lowest BCUT2D eigenvalue weighted by Gasteiger charge is -2.36. The minimum absolute atomic E-state index is 0. The van der Waals surface area contributed by atoms with Crippen LogP contribution in [-0.4, -0.2) is 63.0 Å². The van der Waals surface area contributed by atoms with Crippen molar-refractivity contribution in [2.75, 3.05) is 51.3 Å². The Labute approximate surface area is 249 Å². The Balaban J connectivity index is 0.00000280. The molecular formula is C31H39Cl2N3O4. The molecule has 0 atom stereocenters. The highest BCUT2D eigenvalue weighted by molar-refractivity contribution is 6.04. The maximum absolute atomic E-state index is 13.1. The van der Waals surface area contributed by atoms with E-state index < -0.39 is 0 Å². The van der Waals surface area contributed by atoms with Crippen molar-refractivity contribution in [3.05, 3.63) is 89.5 Å². The van der Waals surface area contributed by atoms with E-state index in [1.807, 2.05) is 55.5 Å². The number of ketones is 1. The molecule has 4 rings (SSSR count). The molecule has 1 aliphatic rings. The summed E-state index contributed by atoms with van der Waals surface area (Å²) in [5.74, 6) is 0.989. The van der Waals surface area contributed by atoms with Gasteiger partial charge in [-0.25, -0.2) is 0 Å². The van der Waals surface area contributed by atoms with E-state index in [2.05, 4.69) is 21.2 Å². The lowest BCUT2D eigenvalue weighted by molar-refractivity contribution is 0.0946. The van der Waals surface area contributed by atoms with Crippen LogP contribution in [0.25, 0.3) is 0 Å².